The molecule has 1 aromatic heterocycles. The van der Waals surface area contributed by atoms with Crippen LogP contribution in [0, 0.1) is 18.7 Å². The fourth-order valence-corrected chi connectivity index (χ4v) is 2.82. The Kier molecular flexibility index (Phi) is 3.83. The molecule has 0 radical (unpaired) electrons. The molecule has 5 nitrogen and oxygen atoms in total. The topological polar surface area (TPSA) is 66.3 Å². The standard InChI is InChI=1S/C16H17FN2O3/c1-10-2-3-11(7-13(10)17)6-12-4-5-19(9-12)16(21)14-8-15(20)18-22-14/h2-3,7-8,12H,4-6,9H2,1H3,(H,18,20). The molecule has 0 spiro atoms. The third kappa shape index (κ3) is 2.95. The Balaban J connectivity index is 1.63. The second kappa shape index (κ2) is 5.79. The smallest absolute Gasteiger partial charge is 0.292 e. The number of aryl methyl sites for hydroxylation is 1. The van der Waals surface area contributed by atoms with Crippen LogP contribution in [0.5, 0.6) is 0 Å². The van der Waals surface area contributed by atoms with Crippen LogP contribution >= 0.6 is 0 Å². The summed E-state index contributed by atoms with van der Waals surface area (Å²) in [7, 11) is 0. The van der Waals surface area contributed by atoms with E-state index in [0.29, 0.717) is 18.7 Å². The van der Waals surface area contributed by atoms with Gasteiger partial charge in [-0.2, -0.15) is 5.16 Å². The highest BCUT2D eigenvalue weighted by molar-refractivity contribution is 5.91. The molecule has 1 unspecified atom stereocenters. The summed E-state index contributed by atoms with van der Waals surface area (Å²) in [5.74, 6) is -0.155. The zero-order valence-electron chi connectivity index (χ0n) is 12.3. The summed E-state index contributed by atoms with van der Waals surface area (Å²) in [6.07, 6.45) is 1.59. The van der Waals surface area contributed by atoms with Crippen LogP contribution in [-0.4, -0.2) is 29.1 Å². The van der Waals surface area contributed by atoms with Crippen molar-refractivity contribution in [3.63, 3.8) is 0 Å². The van der Waals surface area contributed by atoms with Crippen molar-refractivity contribution >= 4 is 5.91 Å². The van der Waals surface area contributed by atoms with E-state index < -0.39 is 5.56 Å². The van der Waals surface area contributed by atoms with Crippen LogP contribution < -0.4 is 5.56 Å². The first-order valence-electron chi connectivity index (χ1n) is 7.26. The fraction of sp³-hybridized carbons (Fsp3) is 0.375. The van der Waals surface area contributed by atoms with Gasteiger partial charge in [-0.1, -0.05) is 12.1 Å². The predicted molar refractivity (Wildman–Crippen MR) is 78.2 cm³/mol. The molecule has 1 aliphatic heterocycles. The van der Waals surface area contributed by atoms with Crippen molar-refractivity contribution in [1.29, 1.82) is 0 Å². The number of rotatable bonds is 3. The molecule has 116 valence electrons. The molecule has 1 aliphatic rings. The van der Waals surface area contributed by atoms with Crippen LogP contribution in [0.25, 0.3) is 0 Å². The summed E-state index contributed by atoms with van der Waals surface area (Å²) >= 11 is 0. The van der Waals surface area contributed by atoms with Gasteiger partial charge >= 0.3 is 0 Å². The Hall–Kier alpha value is -2.37. The van der Waals surface area contributed by atoms with Gasteiger partial charge in [-0.05, 0) is 42.9 Å². The van der Waals surface area contributed by atoms with Crippen LogP contribution in [0.1, 0.15) is 28.1 Å². The van der Waals surface area contributed by atoms with Crippen molar-refractivity contribution in [3.8, 4) is 0 Å². The Labute approximate surface area is 126 Å². The van der Waals surface area contributed by atoms with Gasteiger partial charge < -0.3 is 9.42 Å². The van der Waals surface area contributed by atoms with E-state index in [0.717, 1.165) is 24.5 Å². The monoisotopic (exact) mass is 304 g/mol. The van der Waals surface area contributed by atoms with E-state index >= 15 is 0 Å². The lowest BCUT2D eigenvalue weighted by atomic mass is 9.98. The summed E-state index contributed by atoms with van der Waals surface area (Å²) in [5.41, 5.74) is 1.15. The van der Waals surface area contributed by atoms with E-state index in [2.05, 4.69) is 5.16 Å². The fourth-order valence-electron chi connectivity index (χ4n) is 2.82. The maximum atomic E-state index is 13.6. The lowest BCUT2D eigenvalue weighted by molar-refractivity contribution is 0.0745. The van der Waals surface area contributed by atoms with Crippen LogP contribution in [0.2, 0.25) is 0 Å². The van der Waals surface area contributed by atoms with Gasteiger partial charge in [0.2, 0.25) is 5.76 Å². The number of H-pyrrole nitrogens is 1. The van der Waals surface area contributed by atoms with Gasteiger partial charge in [0, 0.05) is 13.1 Å². The van der Waals surface area contributed by atoms with Crippen molar-refractivity contribution < 1.29 is 13.7 Å². The molecule has 0 bridgehead atoms. The summed E-state index contributed by atoms with van der Waals surface area (Å²) < 4.78 is 18.4. The highest BCUT2D eigenvalue weighted by Crippen LogP contribution is 2.23. The maximum absolute atomic E-state index is 13.6. The number of hydrogen-bond donors (Lipinski definition) is 1. The normalized spacial score (nSPS) is 17.9. The molecule has 2 aromatic rings. The molecule has 1 amide bonds. The van der Waals surface area contributed by atoms with Gasteiger partial charge in [0.05, 0.1) is 6.07 Å². The van der Waals surface area contributed by atoms with E-state index in [1.165, 1.54) is 0 Å². The summed E-state index contributed by atoms with van der Waals surface area (Å²) in [6, 6.07) is 6.42. The zero-order chi connectivity index (χ0) is 15.7. The van der Waals surface area contributed by atoms with Crippen LogP contribution in [-0.2, 0) is 6.42 Å². The molecule has 2 heterocycles. The third-order valence-corrected chi connectivity index (χ3v) is 4.07. The molecule has 0 aliphatic carbocycles. The molecular weight excluding hydrogens is 287 g/mol. The Morgan fingerprint density at radius 1 is 1.45 bits per heavy atom. The van der Waals surface area contributed by atoms with E-state index in [4.69, 9.17) is 4.52 Å². The average Bonchev–Trinajstić information content (AvgIpc) is 3.11. The van der Waals surface area contributed by atoms with E-state index in [-0.39, 0.29) is 23.4 Å². The summed E-state index contributed by atoms with van der Waals surface area (Å²) in [5, 5.41) is 2.12. The van der Waals surface area contributed by atoms with Gasteiger partial charge in [-0.25, -0.2) is 4.39 Å². The largest absolute Gasteiger partial charge is 0.373 e. The van der Waals surface area contributed by atoms with Crippen LogP contribution in [0.3, 0.4) is 0 Å². The highest BCUT2D eigenvalue weighted by Gasteiger charge is 2.29. The third-order valence-electron chi connectivity index (χ3n) is 4.07. The van der Waals surface area contributed by atoms with Crippen molar-refractivity contribution in [2.75, 3.05) is 13.1 Å². The number of carbonyl (C=O) groups excluding carboxylic acids is 1. The SMILES string of the molecule is Cc1ccc(CC2CCN(C(=O)c3cc(=O)[nH]o3)C2)cc1F. The average molecular weight is 304 g/mol. The van der Waals surface area contributed by atoms with Gasteiger partial charge in [0.1, 0.15) is 5.82 Å². The van der Waals surface area contributed by atoms with E-state index in [9.17, 15) is 14.0 Å². The summed E-state index contributed by atoms with van der Waals surface area (Å²) in [4.78, 5) is 24.9. The first-order valence-corrected chi connectivity index (χ1v) is 7.26. The summed E-state index contributed by atoms with van der Waals surface area (Å²) in [6.45, 7) is 2.94. The van der Waals surface area contributed by atoms with E-state index in [1.54, 1.807) is 24.0 Å². The number of aromatic nitrogens is 1. The Morgan fingerprint density at radius 2 is 2.27 bits per heavy atom. The number of halogens is 1. The first-order chi connectivity index (χ1) is 10.5. The molecule has 1 N–H and O–H groups in total. The lowest BCUT2D eigenvalue weighted by Gasteiger charge is -2.15. The number of carbonyl (C=O) groups is 1. The number of aromatic amines is 1. The second-order valence-corrected chi connectivity index (χ2v) is 5.77. The molecule has 1 fully saturated rings. The number of nitrogens with zero attached hydrogens (tertiary/aromatic N) is 1. The van der Waals surface area contributed by atoms with Gasteiger partial charge in [-0.3, -0.25) is 9.59 Å². The number of benzene rings is 1. The Bertz CT molecular complexity index is 750. The number of nitrogens with one attached hydrogen (secondary N) is 1. The number of hydrogen-bond acceptors (Lipinski definition) is 3. The number of likely N-dealkylation sites (tertiary alicyclic amines) is 1. The molecular formula is C16H17FN2O3. The van der Waals surface area contributed by atoms with Gasteiger partial charge in [0.15, 0.2) is 0 Å². The van der Waals surface area contributed by atoms with Gasteiger partial charge in [0.25, 0.3) is 11.5 Å². The number of amides is 1. The lowest BCUT2D eigenvalue weighted by Crippen LogP contribution is -2.28. The van der Waals surface area contributed by atoms with E-state index in [1.807, 2.05) is 6.07 Å². The van der Waals surface area contributed by atoms with Crippen molar-refractivity contribution in [2.45, 2.75) is 19.8 Å². The van der Waals surface area contributed by atoms with Crippen molar-refractivity contribution in [2.24, 2.45) is 5.92 Å². The van der Waals surface area contributed by atoms with Gasteiger partial charge in [-0.15, -0.1) is 0 Å². The predicted octanol–water partition coefficient (Wildman–Crippen LogP) is 2.12. The molecule has 22 heavy (non-hydrogen) atoms. The molecule has 3 rings (SSSR count). The van der Waals surface area contributed by atoms with Crippen LogP contribution in [0.4, 0.5) is 4.39 Å². The highest BCUT2D eigenvalue weighted by atomic mass is 19.1. The van der Waals surface area contributed by atoms with Crippen molar-refractivity contribution in [3.05, 3.63) is 57.3 Å². The molecule has 1 aromatic carbocycles. The van der Waals surface area contributed by atoms with Crippen molar-refractivity contribution in [1.82, 2.24) is 10.1 Å². The quantitative estimate of drug-likeness (QED) is 0.944. The molecule has 1 atom stereocenters. The minimum absolute atomic E-state index is 0.0343. The maximum Gasteiger partial charge on any atom is 0.292 e. The second-order valence-electron chi connectivity index (χ2n) is 5.77. The first kappa shape index (κ1) is 14.6. The molecule has 0 saturated carbocycles. The van der Waals surface area contributed by atoms with Crippen LogP contribution in [0.15, 0.2) is 33.6 Å². The molecule has 1 saturated heterocycles. The minimum Gasteiger partial charge on any atom is -0.373 e. The Morgan fingerprint density at radius 3 is 2.95 bits per heavy atom. The zero-order valence-corrected chi connectivity index (χ0v) is 12.3. The molecule has 6 heteroatoms. The minimum atomic E-state index is -0.422.